The van der Waals surface area contributed by atoms with Gasteiger partial charge >= 0.3 is 0 Å². The van der Waals surface area contributed by atoms with E-state index in [0.717, 1.165) is 25.6 Å². The lowest BCUT2D eigenvalue weighted by Gasteiger charge is -2.40. The fraction of sp³-hybridized carbons (Fsp3) is 1.00. The first-order chi connectivity index (χ1) is 8.42. The molecule has 0 bridgehead atoms. The van der Waals surface area contributed by atoms with Gasteiger partial charge in [-0.15, -0.1) is 0 Å². The van der Waals surface area contributed by atoms with Gasteiger partial charge in [0.05, 0.1) is 0 Å². The Morgan fingerprint density at radius 1 is 1.17 bits per heavy atom. The average molecular weight is 255 g/mol. The lowest BCUT2D eigenvalue weighted by atomic mass is 9.73. The van der Waals surface area contributed by atoms with Gasteiger partial charge in [-0.2, -0.15) is 0 Å². The maximum Gasteiger partial charge on any atom is 0.00790 e. The first-order valence-corrected chi connectivity index (χ1v) is 7.54. The van der Waals surface area contributed by atoms with Crippen LogP contribution >= 0.6 is 0 Å². The summed E-state index contributed by atoms with van der Waals surface area (Å²) in [6, 6.07) is 0.591. The van der Waals surface area contributed by atoms with Gasteiger partial charge in [-0.1, -0.05) is 27.7 Å². The first-order valence-electron chi connectivity index (χ1n) is 7.54. The smallest absolute Gasteiger partial charge is 0.00790 e. The van der Waals surface area contributed by atoms with Gasteiger partial charge in [0, 0.05) is 25.7 Å². The lowest BCUT2D eigenvalue weighted by molar-refractivity contribution is 0.113. The zero-order valence-electron chi connectivity index (χ0n) is 13.1. The van der Waals surface area contributed by atoms with Crippen molar-refractivity contribution in [1.82, 2.24) is 15.5 Å². The fourth-order valence-electron chi connectivity index (χ4n) is 2.79. The quantitative estimate of drug-likeness (QED) is 0.681. The molecule has 1 saturated heterocycles. The molecule has 0 amide bonds. The summed E-state index contributed by atoms with van der Waals surface area (Å²) < 4.78 is 0. The van der Waals surface area contributed by atoms with Gasteiger partial charge in [0.15, 0.2) is 0 Å². The van der Waals surface area contributed by atoms with E-state index in [1.54, 1.807) is 0 Å². The number of hydrogen-bond acceptors (Lipinski definition) is 3. The van der Waals surface area contributed by atoms with Gasteiger partial charge in [-0.05, 0) is 44.3 Å². The summed E-state index contributed by atoms with van der Waals surface area (Å²) >= 11 is 0. The van der Waals surface area contributed by atoms with E-state index in [4.69, 9.17) is 0 Å². The van der Waals surface area contributed by atoms with Crippen LogP contribution in [0.15, 0.2) is 0 Å². The predicted molar refractivity (Wildman–Crippen MR) is 80.0 cm³/mol. The summed E-state index contributed by atoms with van der Waals surface area (Å²) in [5, 5.41) is 7.06. The SMILES string of the molecule is CC(C)NCCNCC(C)(C)C1CCN(C)CC1. The van der Waals surface area contributed by atoms with Crippen LogP contribution in [0.4, 0.5) is 0 Å². The first kappa shape index (κ1) is 15.9. The van der Waals surface area contributed by atoms with Crippen molar-refractivity contribution in [1.29, 1.82) is 0 Å². The van der Waals surface area contributed by atoms with Gasteiger partial charge in [0.2, 0.25) is 0 Å². The molecular formula is C15H33N3. The van der Waals surface area contributed by atoms with Crippen LogP contribution in [0.3, 0.4) is 0 Å². The molecule has 0 spiro atoms. The summed E-state index contributed by atoms with van der Waals surface area (Å²) in [6.07, 6.45) is 2.71. The third kappa shape index (κ3) is 5.68. The van der Waals surface area contributed by atoms with Gasteiger partial charge in [0.25, 0.3) is 0 Å². The minimum Gasteiger partial charge on any atom is -0.315 e. The maximum atomic E-state index is 3.61. The van der Waals surface area contributed by atoms with Crippen LogP contribution in [0.1, 0.15) is 40.5 Å². The zero-order valence-corrected chi connectivity index (χ0v) is 13.1. The van der Waals surface area contributed by atoms with Crippen LogP contribution in [0, 0.1) is 11.3 Å². The molecular weight excluding hydrogens is 222 g/mol. The van der Waals surface area contributed by atoms with Crippen molar-refractivity contribution in [2.75, 3.05) is 39.8 Å². The Morgan fingerprint density at radius 3 is 2.33 bits per heavy atom. The monoisotopic (exact) mass is 255 g/mol. The molecule has 1 heterocycles. The molecule has 18 heavy (non-hydrogen) atoms. The minimum atomic E-state index is 0.430. The Labute approximate surface area is 114 Å². The van der Waals surface area contributed by atoms with Crippen molar-refractivity contribution in [3.63, 3.8) is 0 Å². The Balaban J connectivity index is 2.18. The molecule has 0 saturated carbocycles. The molecule has 0 aromatic carbocycles. The number of hydrogen-bond donors (Lipinski definition) is 2. The van der Waals surface area contributed by atoms with E-state index < -0.39 is 0 Å². The molecule has 1 fully saturated rings. The summed E-state index contributed by atoms with van der Waals surface area (Å²) in [4.78, 5) is 2.45. The molecule has 1 aliphatic heterocycles. The van der Waals surface area contributed by atoms with Crippen LogP contribution in [0.25, 0.3) is 0 Å². The third-order valence-electron chi connectivity index (χ3n) is 4.26. The van der Waals surface area contributed by atoms with Crippen LogP contribution in [0.5, 0.6) is 0 Å². The maximum absolute atomic E-state index is 3.61. The summed E-state index contributed by atoms with van der Waals surface area (Å²) in [5.41, 5.74) is 0.430. The van der Waals surface area contributed by atoms with Gasteiger partial charge in [-0.25, -0.2) is 0 Å². The number of nitrogens with zero attached hydrogens (tertiary/aromatic N) is 1. The van der Waals surface area contributed by atoms with E-state index in [1.165, 1.54) is 25.9 Å². The zero-order chi connectivity index (χ0) is 13.6. The molecule has 2 N–H and O–H groups in total. The third-order valence-corrected chi connectivity index (χ3v) is 4.26. The van der Waals surface area contributed by atoms with Gasteiger partial charge in [0.1, 0.15) is 0 Å². The molecule has 3 heteroatoms. The Morgan fingerprint density at radius 2 is 1.78 bits per heavy atom. The van der Waals surface area contributed by atoms with Gasteiger partial charge < -0.3 is 15.5 Å². The topological polar surface area (TPSA) is 27.3 Å². The Bertz CT molecular complexity index is 218. The second-order valence-electron chi connectivity index (χ2n) is 6.85. The Hall–Kier alpha value is -0.120. The summed E-state index contributed by atoms with van der Waals surface area (Å²) in [5.74, 6) is 0.874. The molecule has 0 aromatic rings. The number of piperidine rings is 1. The van der Waals surface area contributed by atoms with Gasteiger partial charge in [-0.3, -0.25) is 0 Å². The van der Waals surface area contributed by atoms with Crippen molar-refractivity contribution in [3.8, 4) is 0 Å². The molecule has 0 unspecified atom stereocenters. The molecule has 0 aromatic heterocycles. The van der Waals surface area contributed by atoms with E-state index >= 15 is 0 Å². The highest BCUT2D eigenvalue weighted by Crippen LogP contribution is 2.33. The molecule has 108 valence electrons. The molecule has 0 radical (unpaired) electrons. The standard InChI is InChI=1S/C15H33N3/c1-13(2)17-9-8-16-12-15(3,4)14-6-10-18(5)11-7-14/h13-14,16-17H,6-12H2,1-5H3. The van der Waals surface area contributed by atoms with E-state index in [-0.39, 0.29) is 0 Å². The molecule has 1 aliphatic rings. The van der Waals surface area contributed by atoms with Crippen molar-refractivity contribution in [2.24, 2.45) is 11.3 Å². The van der Waals surface area contributed by atoms with Crippen molar-refractivity contribution < 1.29 is 0 Å². The van der Waals surface area contributed by atoms with E-state index in [0.29, 0.717) is 11.5 Å². The second kappa shape index (κ2) is 7.46. The van der Waals surface area contributed by atoms with Crippen LogP contribution < -0.4 is 10.6 Å². The minimum absolute atomic E-state index is 0.430. The predicted octanol–water partition coefficient (Wildman–Crippen LogP) is 1.94. The fourth-order valence-corrected chi connectivity index (χ4v) is 2.79. The largest absolute Gasteiger partial charge is 0.315 e. The van der Waals surface area contributed by atoms with Crippen LogP contribution in [-0.2, 0) is 0 Å². The van der Waals surface area contributed by atoms with Crippen LogP contribution in [0.2, 0.25) is 0 Å². The van der Waals surface area contributed by atoms with Crippen molar-refractivity contribution in [2.45, 2.75) is 46.6 Å². The highest BCUT2D eigenvalue weighted by Gasteiger charge is 2.31. The van der Waals surface area contributed by atoms with Crippen LogP contribution in [-0.4, -0.2) is 50.7 Å². The molecule has 1 rings (SSSR count). The molecule has 3 nitrogen and oxygen atoms in total. The Kier molecular flexibility index (Phi) is 6.61. The highest BCUT2D eigenvalue weighted by molar-refractivity contribution is 4.84. The number of rotatable bonds is 7. The number of nitrogens with one attached hydrogen (secondary N) is 2. The lowest BCUT2D eigenvalue weighted by Crippen LogP contribution is -2.43. The number of likely N-dealkylation sites (tertiary alicyclic amines) is 1. The average Bonchev–Trinajstić information content (AvgIpc) is 2.28. The van der Waals surface area contributed by atoms with E-state index in [9.17, 15) is 0 Å². The summed E-state index contributed by atoms with van der Waals surface area (Å²) in [7, 11) is 2.24. The van der Waals surface area contributed by atoms with E-state index in [1.807, 2.05) is 0 Å². The van der Waals surface area contributed by atoms with E-state index in [2.05, 4.69) is 50.3 Å². The normalized spacial score (nSPS) is 19.7. The highest BCUT2D eigenvalue weighted by atomic mass is 15.1. The van der Waals surface area contributed by atoms with Crippen molar-refractivity contribution >= 4 is 0 Å². The molecule has 0 atom stereocenters. The summed E-state index contributed by atoms with van der Waals surface area (Å²) in [6.45, 7) is 15.1. The van der Waals surface area contributed by atoms with Crippen molar-refractivity contribution in [3.05, 3.63) is 0 Å². The second-order valence-corrected chi connectivity index (χ2v) is 6.85. The molecule has 0 aliphatic carbocycles.